The molecule has 19 heavy (non-hydrogen) atoms. The van der Waals surface area contributed by atoms with E-state index in [1.165, 1.54) is 24.3 Å². The summed E-state index contributed by atoms with van der Waals surface area (Å²) in [7, 11) is 0. The van der Waals surface area contributed by atoms with Crippen LogP contribution in [0.5, 0.6) is 0 Å². The molecule has 0 radical (unpaired) electrons. The number of anilines is 2. The molecule has 0 aliphatic heterocycles. The number of halogens is 3. The minimum atomic E-state index is -0.606. The van der Waals surface area contributed by atoms with Crippen LogP contribution in [0.3, 0.4) is 0 Å². The van der Waals surface area contributed by atoms with Crippen molar-refractivity contribution in [3.05, 3.63) is 62.4 Å². The van der Waals surface area contributed by atoms with E-state index in [0.29, 0.717) is 5.69 Å². The highest BCUT2D eigenvalue weighted by atomic mass is 35.5. The minimum absolute atomic E-state index is 0.00231. The third kappa shape index (κ3) is 3.13. The zero-order valence-corrected chi connectivity index (χ0v) is 10.9. The average molecular weight is 301 g/mol. The lowest BCUT2D eigenvalue weighted by atomic mass is 10.2. The van der Waals surface area contributed by atoms with Crippen molar-refractivity contribution in [1.29, 1.82) is 0 Å². The maximum Gasteiger partial charge on any atom is 0.311 e. The van der Waals surface area contributed by atoms with E-state index in [2.05, 4.69) is 5.32 Å². The lowest BCUT2D eigenvalue weighted by molar-refractivity contribution is -0.383. The van der Waals surface area contributed by atoms with Gasteiger partial charge in [-0.15, -0.1) is 0 Å². The number of nitro benzene ring substituents is 1. The summed E-state index contributed by atoms with van der Waals surface area (Å²) in [6, 6.07) is 8.20. The Morgan fingerprint density at radius 1 is 1.21 bits per heavy atom. The second kappa shape index (κ2) is 5.42. The van der Waals surface area contributed by atoms with Crippen LogP contribution in [0, 0.1) is 15.9 Å². The van der Waals surface area contributed by atoms with Crippen molar-refractivity contribution in [1.82, 2.24) is 0 Å². The number of hydrogen-bond donors (Lipinski definition) is 1. The molecule has 0 amide bonds. The Kier molecular flexibility index (Phi) is 3.87. The molecule has 2 aromatic carbocycles. The van der Waals surface area contributed by atoms with Gasteiger partial charge in [0.2, 0.25) is 0 Å². The Morgan fingerprint density at radius 3 is 2.58 bits per heavy atom. The Labute approximate surface area is 117 Å². The molecular weight excluding hydrogens is 294 g/mol. The van der Waals surface area contributed by atoms with Gasteiger partial charge in [-0.25, -0.2) is 4.39 Å². The fourth-order valence-corrected chi connectivity index (χ4v) is 2.05. The second-order valence-corrected chi connectivity index (χ2v) is 4.52. The van der Waals surface area contributed by atoms with E-state index in [1.807, 2.05) is 0 Å². The highest BCUT2D eigenvalue weighted by molar-refractivity contribution is 6.33. The first-order valence-electron chi connectivity index (χ1n) is 5.13. The average Bonchev–Trinajstić information content (AvgIpc) is 2.26. The van der Waals surface area contributed by atoms with Gasteiger partial charge >= 0.3 is 5.69 Å². The van der Waals surface area contributed by atoms with Gasteiger partial charge in [0.1, 0.15) is 16.5 Å². The Balaban J connectivity index is 2.43. The van der Waals surface area contributed by atoms with Crippen LogP contribution in [-0.2, 0) is 0 Å². The molecule has 2 rings (SSSR count). The van der Waals surface area contributed by atoms with Gasteiger partial charge in [0, 0.05) is 10.7 Å². The van der Waals surface area contributed by atoms with Crippen LogP contribution in [0.2, 0.25) is 10.0 Å². The maximum atomic E-state index is 13.2. The van der Waals surface area contributed by atoms with Gasteiger partial charge in [-0.2, -0.15) is 0 Å². The van der Waals surface area contributed by atoms with Crippen LogP contribution in [-0.4, -0.2) is 4.92 Å². The molecule has 0 unspecified atom stereocenters. The van der Waals surface area contributed by atoms with Gasteiger partial charge in [0.15, 0.2) is 0 Å². The Bertz CT molecular complexity index is 629. The third-order valence-electron chi connectivity index (χ3n) is 2.31. The first-order chi connectivity index (χ1) is 8.97. The van der Waals surface area contributed by atoms with E-state index < -0.39 is 10.7 Å². The molecule has 0 aliphatic rings. The predicted octanol–water partition coefficient (Wildman–Crippen LogP) is 4.78. The minimum Gasteiger partial charge on any atom is -0.350 e. The standard InChI is InChI=1S/C12H7Cl2FN2O2/c13-7-4-8(15)6-9(5-7)16-11-3-1-2-10(14)12(11)17(18)19/h1-6,16H. The van der Waals surface area contributed by atoms with E-state index in [9.17, 15) is 14.5 Å². The van der Waals surface area contributed by atoms with Crippen molar-refractivity contribution in [3.8, 4) is 0 Å². The van der Waals surface area contributed by atoms with Crippen molar-refractivity contribution in [2.75, 3.05) is 5.32 Å². The van der Waals surface area contributed by atoms with Gasteiger partial charge in [-0.05, 0) is 30.3 Å². The smallest absolute Gasteiger partial charge is 0.311 e. The van der Waals surface area contributed by atoms with Gasteiger partial charge in [-0.1, -0.05) is 29.3 Å². The number of para-hydroxylation sites is 1. The monoisotopic (exact) mass is 300 g/mol. The Hall–Kier alpha value is -1.85. The van der Waals surface area contributed by atoms with E-state index in [4.69, 9.17) is 23.2 Å². The van der Waals surface area contributed by atoms with Crippen LogP contribution in [0.4, 0.5) is 21.5 Å². The Morgan fingerprint density at radius 2 is 1.95 bits per heavy atom. The lowest BCUT2D eigenvalue weighted by Gasteiger charge is -2.08. The zero-order valence-electron chi connectivity index (χ0n) is 9.36. The van der Waals surface area contributed by atoms with Gasteiger partial charge < -0.3 is 5.32 Å². The normalized spacial score (nSPS) is 10.3. The molecule has 0 fully saturated rings. The molecule has 7 heteroatoms. The first kappa shape index (κ1) is 13.6. The highest BCUT2D eigenvalue weighted by Gasteiger charge is 2.18. The molecule has 0 heterocycles. The quantitative estimate of drug-likeness (QED) is 0.655. The molecule has 0 saturated carbocycles. The summed E-state index contributed by atoms with van der Waals surface area (Å²) in [5.41, 5.74) is 0.194. The molecular formula is C12H7Cl2FN2O2. The van der Waals surface area contributed by atoms with Crippen molar-refractivity contribution in [2.24, 2.45) is 0 Å². The van der Waals surface area contributed by atoms with Gasteiger partial charge in [-0.3, -0.25) is 10.1 Å². The molecule has 0 bridgehead atoms. The fourth-order valence-electron chi connectivity index (χ4n) is 1.58. The molecule has 2 aromatic rings. The number of benzene rings is 2. The van der Waals surface area contributed by atoms with Crippen LogP contribution in [0.25, 0.3) is 0 Å². The number of nitrogens with zero attached hydrogens (tertiary/aromatic N) is 1. The van der Waals surface area contributed by atoms with Gasteiger partial charge in [0.05, 0.1) is 4.92 Å². The highest BCUT2D eigenvalue weighted by Crippen LogP contribution is 2.34. The van der Waals surface area contributed by atoms with Crippen molar-refractivity contribution < 1.29 is 9.31 Å². The molecule has 4 nitrogen and oxygen atoms in total. The van der Waals surface area contributed by atoms with Crippen molar-refractivity contribution >= 4 is 40.3 Å². The van der Waals surface area contributed by atoms with Crippen molar-refractivity contribution in [3.63, 3.8) is 0 Å². The molecule has 0 aliphatic carbocycles. The molecule has 0 aromatic heterocycles. The summed E-state index contributed by atoms with van der Waals surface area (Å²) in [4.78, 5) is 10.3. The zero-order chi connectivity index (χ0) is 14.0. The summed E-state index contributed by atoms with van der Waals surface area (Å²) in [5.74, 6) is -0.542. The molecule has 0 spiro atoms. The third-order valence-corrected chi connectivity index (χ3v) is 2.83. The summed E-state index contributed by atoms with van der Waals surface area (Å²) < 4.78 is 13.2. The predicted molar refractivity (Wildman–Crippen MR) is 72.8 cm³/mol. The SMILES string of the molecule is O=[N+]([O-])c1c(Cl)cccc1Nc1cc(F)cc(Cl)c1. The van der Waals surface area contributed by atoms with Crippen LogP contribution < -0.4 is 5.32 Å². The molecule has 0 saturated heterocycles. The summed E-state index contributed by atoms with van der Waals surface area (Å²) in [6.07, 6.45) is 0. The maximum absolute atomic E-state index is 13.2. The molecule has 0 atom stereocenters. The van der Waals surface area contributed by atoms with Crippen LogP contribution >= 0.6 is 23.2 Å². The van der Waals surface area contributed by atoms with E-state index >= 15 is 0 Å². The summed E-state index contributed by atoms with van der Waals surface area (Å²) in [6.45, 7) is 0. The topological polar surface area (TPSA) is 55.2 Å². The van der Waals surface area contributed by atoms with Gasteiger partial charge in [0.25, 0.3) is 0 Å². The molecule has 1 N–H and O–H groups in total. The van der Waals surface area contributed by atoms with E-state index in [-0.39, 0.29) is 21.4 Å². The van der Waals surface area contributed by atoms with E-state index in [1.54, 1.807) is 6.07 Å². The summed E-state index contributed by atoms with van der Waals surface area (Å²) in [5, 5.41) is 13.9. The largest absolute Gasteiger partial charge is 0.350 e. The van der Waals surface area contributed by atoms with Crippen LogP contribution in [0.1, 0.15) is 0 Å². The number of rotatable bonds is 3. The fraction of sp³-hybridized carbons (Fsp3) is 0. The second-order valence-electron chi connectivity index (χ2n) is 3.68. The lowest BCUT2D eigenvalue weighted by Crippen LogP contribution is -1.98. The number of nitrogens with one attached hydrogen (secondary N) is 1. The van der Waals surface area contributed by atoms with Crippen LogP contribution in [0.15, 0.2) is 36.4 Å². The first-order valence-corrected chi connectivity index (χ1v) is 5.89. The molecule has 98 valence electrons. The van der Waals surface area contributed by atoms with E-state index in [0.717, 1.165) is 6.07 Å². The number of nitro groups is 1. The number of hydrogen-bond acceptors (Lipinski definition) is 3. The van der Waals surface area contributed by atoms with Crippen molar-refractivity contribution in [2.45, 2.75) is 0 Å². The summed E-state index contributed by atoms with van der Waals surface area (Å²) >= 11 is 11.5.